The molecule has 4 heteroatoms. The average Bonchev–Trinajstić information content (AvgIpc) is 2.37. The smallest absolute Gasteiger partial charge is 0.311 e. The number of rotatable bonds is 4. The third-order valence-corrected chi connectivity index (χ3v) is 3.49. The molecule has 0 radical (unpaired) electrons. The van der Waals surface area contributed by atoms with E-state index in [0.29, 0.717) is 0 Å². The lowest BCUT2D eigenvalue weighted by atomic mass is 9.89. The Balaban J connectivity index is 0. The van der Waals surface area contributed by atoms with Gasteiger partial charge in [-0.3, -0.25) is 9.59 Å². The first-order valence-electron chi connectivity index (χ1n) is 6.76. The normalized spacial score (nSPS) is 11.2. The summed E-state index contributed by atoms with van der Waals surface area (Å²) in [5, 5.41) is 0. The molecule has 0 atom stereocenters. The second-order valence-electron chi connectivity index (χ2n) is 6.17. The highest BCUT2D eigenvalue weighted by Gasteiger charge is 2.26. The average molecular weight is 273 g/mol. The van der Waals surface area contributed by atoms with Crippen molar-refractivity contribution < 1.29 is 14.3 Å². The standard InChI is InChI=1S/C8H17NO.C7H14O2/c1-6-8(2,3)7(10)9(4)5;1-5-7(2,3)6(8)9-4/h6H2,1-5H3;5H2,1-4H3. The van der Waals surface area contributed by atoms with Gasteiger partial charge in [0, 0.05) is 19.5 Å². The largest absolute Gasteiger partial charge is 0.469 e. The van der Waals surface area contributed by atoms with Gasteiger partial charge in [-0.25, -0.2) is 0 Å². The number of hydrogen-bond acceptors (Lipinski definition) is 3. The second kappa shape index (κ2) is 8.18. The van der Waals surface area contributed by atoms with E-state index < -0.39 is 0 Å². The van der Waals surface area contributed by atoms with Gasteiger partial charge in [-0.2, -0.15) is 0 Å². The highest BCUT2D eigenvalue weighted by atomic mass is 16.5. The molecule has 0 unspecified atom stereocenters. The van der Waals surface area contributed by atoms with Gasteiger partial charge < -0.3 is 9.64 Å². The van der Waals surface area contributed by atoms with Crippen LogP contribution in [0.15, 0.2) is 0 Å². The summed E-state index contributed by atoms with van der Waals surface area (Å²) in [6.07, 6.45) is 1.71. The van der Waals surface area contributed by atoms with E-state index in [4.69, 9.17) is 0 Å². The number of ether oxygens (including phenoxy) is 1. The maximum Gasteiger partial charge on any atom is 0.311 e. The summed E-state index contributed by atoms with van der Waals surface area (Å²) in [6, 6.07) is 0. The Bertz CT molecular complexity index is 294. The number of nitrogens with zero attached hydrogens (tertiary/aromatic N) is 1. The maximum absolute atomic E-state index is 11.3. The third-order valence-electron chi connectivity index (χ3n) is 3.49. The molecule has 0 spiro atoms. The van der Waals surface area contributed by atoms with Gasteiger partial charge in [0.25, 0.3) is 0 Å². The highest BCUT2D eigenvalue weighted by Crippen LogP contribution is 2.21. The first-order chi connectivity index (χ1) is 8.46. The molecule has 0 saturated heterocycles. The van der Waals surface area contributed by atoms with Gasteiger partial charge in [0.05, 0.1) is 12.5 Å². The second-order valence-corrected chi connectivity index (χ2v) is 6.17. The molecule has 0 aromatic carbocycles. The summed E-state index contributed by atoms with van der Waals surface area (Å²) in [4.78, 5) is 23.8. The Hall–Kier alpha value is -1.06. The summed E-state index contributed by atoms with van der Waals surface area (Å²) < 4.78 is 4.57. The van der Waals surface area contributed by atoms with Gasteiger partial charge in [-0.1, -0.05) is 27.7 Å². The Labute approximate surface area is 118 Å². The molecule has 1 amide bonds. The van der Waals surface area contributed by atoms with Gasteiger partial charge in [0.1, 0.15) is 0 Å². The fraction of sp³-hybridized carbons (Fsp3) is 0.867. The summed E-state index contributed by atoms with van der Waals surface area (Å²) in [6.45, 7) is 11.7. The molecule has 0 saturated carbocycles. The molecule has 0 rings (SSSR count). The van der Waals surface area contributed by atoms with E-state index >= 15 is 0 Å². The van der Waals surface area contributed by atoms with Gasteiger partial charge in [-0.15, -0.1) is 0 Å². The zero-order valence-corrected chi connectivity index (χ0v) is 14.1. The molecular formula is C15H31NO3. The van der Waals surface area contributed by atoms with Crippen molar-refractivity contribution in [1.82, 2.24) is 4.90 Å². The van der Waals surface area contributed by atoms with Gasteiger partial charge in [0.2, 0.25) is 5.91 Å². The fourth-order valence-corrected chi connectivity index (χ4v) is 1.18. The molecule has 0 N–H and O–H groups in total. The molecular weight excluding hydrogens is 242 g/mol. The molecule has 0 aromatic heterocycles. The highest BCUT2D eigenvalue weighted by molar-refractivity contribution is 5.81. The number of amides is 1. The van der Waals surface area contributed by atoms with Crippen molar-refractivity contribution in [3.05, 3.63) is 0 Å². The minimum Gasteiger partial charge on any atom is -0.469 e. The predicted octanol–water partition coefficient (Wildman–Crippen LogP) is 3.11. The lowest BCUT2D eigenvalue weighted by molar-refractivity contribution is -0.150. The van der Waals surface area contributed by atoms with Crippen molar-refractivity contribution in [2.24, 2.45) is 10.8 Å². The van der Waals surface area contributed by atoms with Crippen LogP contribution in [0.25, 0.3) is 0 Å². The van der Waals surface area contributed by atoms with Crippen molar-refractivity contribution in [3.8, 4) is 0 Å². The van der Waals surface area contributed by atoms with Gasteiger partial charge in [0.15, 0.2) is 0 Å². The zero-order valence-electron chi connectivity index (χ0n) is 14.1. The first-order valence-corrected chi connectivity index (χ1v) is 6.76. The van der Waals surface area contributed by atoms with Crippen LogP contribution in [0.2, 0.25) is 0 Å². The minimum absolute atomic E-state index is 0.134. The Morgan fingerprint density at radius 1 is 0.947 bits per heavy atom. The van der Waals surface area contributed by atoms with E-state index in [9.17, 15) is 9.59 Å². The maximum atomic E-state index is 11.3. The van der Waals surface area contributed by atoms with Crippen molar-refractivity contribution in [2.45, 2.75) is 54.4 Å². The third kappa shape index (κ3) is 7.19. The van der Waals surface area contributed by atoms with Gasteiger partial charge in [-0.05, 0) is 26.7 Å². The van der Waals surface area contributed by atoms with Gasteiger partial charge >= 0.3 is 5.97 Å². The van der Waals surface area contributed by atoms with Crippen LogP contribution in [0.3, 0.4) is 0 Å². The molecule has 0 bridgehead atoms. The molecule has 19 heavy (non-hydrogen) atoms. The predicted molar refractivity (Wildman–Crippen MR) is 78.9 cm³/mol. The Morgan fingerprint density at radius 2 is 1.32 bits per heavy atom. The lowest BCUT2D eigenvalue weighted by Gasteiger charge is -2.25. The van der Waals surface area contributed by atoms with E-state index in [-0.39, 0.29) is 22.7 Å². The SMILES string of the molecule is CCC(C)(C)C(=O)N(C)C.CCC(C)(C)C(=O)OC. The van der Waals surface area contributed by atoms with Crippen LogP contribution in [0, 0.1) is 10.8 Å². The van der Waals surface area contributed by atoms with Crippen molar-refractivity contribution in [2.75, 3.05) is 21.2 Å². The monoisotopic (exact) mass is 273 g/mol. The minimum atomic E-state index is -0.311. The molecule has 0 aliphatic rings. The molecule has 0 aliphatic heterocycles. The van der Waals surface area contributed by atoms with E-state index in [1.54, 1.807) is 19.0 Å². The van der Waals surface area contributed by atoms with Crippen LogP contribution >= 0.6 is 0 Å². The van der Waals surface area contributed by atoms with Crippen molar-refractivity contribution >= 4 is 11.9 Å². The van der Waals surface area contributed by atoms with E-state index in [1.807, 2.05) is 41.5 Å². The summed E-state index contributed by atoms with van der Waals surface area (Å²) in [5.74, 6) is 0.0694. The molecule has 114 valence electrons. The molecule has 4 nitrogen and oxygen atoms in total. The van der Waals surface area contributed by atoms with Crippen LogP contribution in [0.5, 0.6) is 0 Å². The number of carbonyl (C=O) groups excluding carboxylic acids is 2. The first kappa shape index (κ1) is 20.3. The van der Waals surface area contributed by atoms with E-state index in [0.717, 1.165) is 12.8 Å². The Morgan fingerprint density at radius 3 is 1.42 bits per heavy atom. The number of esters is 1. The number of methoxy groups -OCH3 is 1. The summed E-state index contributed by atoms with van der Waals surface area (Å²) in [7, 11) is 5.00. The van der Waals surface area contributed by atoms with Crippen molar-refractivity contribution in [3.63, 3.8) is 0 Å². The molecule has 0 fully saturated rings. The van der Waals surface area contributed by atoms with Crippen LogP contribution in [0.4, 0.5) is 0 Å². The van der Waals surface area contributed by atoms with Crippen LogP contribution in [-0.2, 0) is 14.3 Å². The van der Waals surface area contributed by atoms with E-state index in [1.165, 1.54) is 7.11 Å². The summed E-state index contributed by atoms with van der Waals surface area (Å²) in [5.41, 5.74) is -0.502. The molecule has 0 aromatic rings. The number of hydrogen-bond donors (Lipinski definition) is 0. The van der Waals surface area contributed by atoms with Crippen LogP contribution in [-0.4, -0.2) is 38.0 Å². The zero-order chi connectivity index (χ0) is 15.9. The van der Waals surface area contributed by atoms with Crippen LogP contribution in [0.1, 0.15) is 54.4 Å². The molecule has 0 heterocycles. The van der Waals surface area contributed by atoms with Crippen molar-refractivity contribution in [1.29, 1.82) is 0 Å². The Kier molecular flexibility index (Phi) is 8.72. The van der Waals surface area contributed by atoms with Crippen LogP contribution < -0.4 is 0 Å². The number of carbonyl (C=O) groups is 2. The fourth-order valence-electron chi connectivity index (χ4n) is 1.18. The summed E-state index contributed by atoms with van der Waals surface area (Å²) >= 11 is 0. The topological polar surface area (TPSA) is 46.6 Å². The molecule has 0 aliphatic carbocycles. The quantitative estimate of drug-likeness (QED) is 0.739. The lowest BCUT2D eigenvalue weighted by Crippen LogP contribution is -2.35. The van der Waals surface area contributed by atoms with E-state index in [2.05, 4.69) is 4.74 Å².